The number of benzene rings is 1. The molecule has 0 spiro atoms. The molecule has 0 N–H and O–H groups in total. The molecular weight excluding hydrogens is 377 g/mol. The van der Waals surface area contributed by atoms with E-state index < -0.39 is 9.84 Å². The fourth-order valence-electron chi connectivity index (χ4n) is 3.87. The third-order valence-corrected chi connectivity index (χ3v) is 6.26. The van der Waals surface area contributed by atoms with Crippen LogP contribution < -0.4 is 0 Å². The van der Waals surface area contributed by atoms with Crippen molar-refractivity contribution in [2.24, 2.45) is 0 Å². The Kier molecular flexibility index (Phi) is 6.53. The van der Waals surface area contributed by atoms with Crippen molar-refractivity contribution in [2.45, 2.75) is 56.4 Å². The van der Waals surface area contributed by atoms with Gasteiger partial charge in [-0.15, -0.1) is 6.42 Å². The van der Waals surface area contributed by atoms with E-state index in [2.05, 4.69) is 15.8 Å². The van der Waals surface area contributed by atoms with Gasteiger partial charge >= 0.3 is 0 Å². The van der Waals surface area contributed by atoms with Gasteiger partial charge in [-0.1, -0.05) is 43.4 Å². The maximum Gasteiger partial charge on any atom is 0.227 e. The molecule has 1 saturated carbocycles. The van der Waals surface area contributed by atoms with Gasteiger partial charge in [0.05, 0.1) is 25.0 Å². The summed E-state index contributed by atoms with van der Waals surface area (Å²) in [4.78, 5) is 6.35. The molecule has 0 amide bonds. The zero-order valence-corrected chi connectivity index (χ0v) is 17.0. The second kappa shape index (κ2) is 8.89. The van der Waals surface area contributed by atoms with Crippen molar-refractivity contribution < 1.29 is 12.8 Å². The third kappa shape index (κ3) is 4.81. The van der Waals surface area contributed by atoms with Crippen LogP contribution in [0.1, 0.15) is 43.4 Å². The first-order chi connectivity index (χ1) is 13.4. The highest BCUT2D eigenvalue weighted by molar-refractivity contribution is 7.90. The monoisotopic (exact) mass is 403 g/mol. The molecule has 3 rings (SSSR count). The zero-order valence-electron chi connectivity index (χ0n) is 16.1. The highest BCUT2D eigenvalue weighted by Crippen LogP contribution is 2.25. The van der Waals surface area contributed by atoms with Crippen molar-refractivity contribution in [1.82, 2.24) is 14.5 Å². The van der Waals surface area contributed by atoms with Crippen molar-refractivity contribution in [3.05, 3.63) is 47.5 Å². The van der Waals surface area contributed by atoms with Crippen LogP contribution in [0.2, 0.25) is 0 Å². The Hall–Kier alpha value is -2.17. The first-order valence-corrected chi connectivity index (χ1v) is 11.4. The Bertz CT molecular complexity index is 956. The van der Waals surface area contributed by atoms with Gasteiger partial charge in [-0.3, -0.25) is 4.90 Å². The molecule has 0 aliphatic heterocycles. The van der Waals surface area contributed by atoms with Crippen molar-refractivity contribution in [2.75, 3.05) is 12.8 Å². The minimum absolute atomic E-state index is 0.0462. The first-order valence-electron chi connectivity index (χ1n) is 9.55. The fraction of sp³-hybridized carbons (Fsp3) is 0.476. The lowest BCUT2D eigenvalue weighted by Crippen LogP contribution is -2.37. The maximum absolute atomic E-state index is 14.2. The molecule has 150 valence electrons. The van der Waals surface area contributed by atoms with E-state index in [1.54, 1.807) is 29.0 Å². The maximum atomic E-state index is 14.2. The highest BCUT2D eigenvalue weighted by atomic mass is 32.2. The summed E-state index contributed by atoms with van der Waals surface area (Å²) < 4.78 is 40.3. The van der Waals surface area contributed by atoms with E-state index in [-0.39, 0.29) is 17.5 Å². The molecule has 0 atom stereocenters. The van der Waals surface area contributed by atoms with Crippen LogP contribution in [0.25, 0.3) is 0 Å². The van der Waals surface area contributed by atoms with Crippen LogP contribution in [0.4, 0.5) is 4.39 Å². The molecule has 2 aromatic rings. The van der Waals surface area contributed by atoms with Gasteiger partial charge in [-0.2, -0.15) is 0 Å². The molecule has 5 nitrogen and oxygen atoms in total. The molecule has 7 heteroatoms. The minimum Gasteiger partial charge on any atom is -0.313 e. The molecule has 1 fully saturated rings. The molecule has 0 radical (unpaired) electrons. The second-order valence-corrected chi connectivity index (χ2v) is 9.29. The molecule has 0 saturated heterocycles. The predicted molar refractivity (Wildman–Crippen MR) is 107 cm³/mol. The summed E-state index contributed by atoms with van der Waals surface area (Å²) in [5.41, 5.74) is 1.15. The smallest absolute Gasteiger partial charge is 0.227 e. The molecule has 0 bridgehead atoms. The summed E-state index contributed by atoms with van der Waals surface area (Å²) in [7, 11) is -3.55. The van der Waals surface area contributed by atoms with Crippen LogP contribution in [0.3, 0.4) is 0 Å². The third-order valence-electron chi connectivity index (χ3n) is 5.27. The summed E-state index contributed by atoms with van der Waals surface area (Å²) in [6, 6.07) is 6.76. The number of rotatable bonds is 7. The molecule has 1 aromatic carbocycles. The van der Waals surface area contributed by atoms with Gasteiger partial charge in [0.25, 0.3) is 0 Å². The number of hydrogen-bond donors (Lipinski definition) is 0. The molecule has 1 aliphatic rings. The van der Waals surface area contributed by atoms with Gasteiger partial charge in [0.1, 0.15) is 5.82 Å². The second-order valence-electron chi connectivity index (χ2n) is 7.38. The van der Waals surface area contributed by atoms with Gasteiger partial charge in [0.15, 0.2) is 0 Å². The number of nitrogens with zero attached hydrogens (tertiary/aromatic N) is 3. The first kappa shape index (κ1) is 20.6. The minimum atomic E-state index is -3.55. The number of terminal acetylenes is 1. The summed E-state index contributed by atoms with van der Waals surface area (Å²) in [6.07, 6.45) is 14.0. The summed E-state index contributed by atoms with van der Waals surface area (Å²) in [5, 5.41) is -0.0462. The number of aromatic nitrogens is 2. The van der Waals surface area contributed by atoms with Crippen LogP contribution >= 0.6 is 0 Å². The van der Waals surface area contributed by atoms with Crippen molar-refractivity contribution in [1.29, 1.82) is 0 Å². The van der Waals surface area contributed by atoms with E-state index in [4.69, 9.17) is 6.42 Å². The SMILES string of the molecule is C#CCN(Cc1cnc(S(C)(=O)=O)n1Cc1ccccc1F)C1CCCCC1. The molecule has 28 heavy (non-hydrogen) atoms. The molecular formula is C21H26FN3O2S. The normalized spacial score (nSPS) is 15.6. The van der Waals surface area contributed by atoms with Crippen LogP contribution in [0.5, 0.6) is 0 Å². The van der Waals surface area contributed by atoms with Crippen molar-refractivity contribution >= 4 is 9.84 Å². The van der Waals surface area contributed by atoms with Crippen LogP contribution in [0, 0.1) is 18.2 Å². The van der Waals surface area contributed by atoms with E-state index in [1.807, 2.05) is 0 Å². The highest BCUT2D eigenvalue weighted by Gasteiger charge is 2.25. The van der Waals surface area contributed by atoms with Gasteiger partial charge in [0, 0.05) is 24.4 Å². The zero-order chi connectivity index (χ0) is 20.1. The fourth-order valence-corrected chi connectivity index (χ4v) is 4.69. The summed E-state index contributed by atoms with van der Waals surface area (Å²) >= 11 is 0. The van der Waals surface area contributed by atoms with E-state index in [1.165, 1.54) is 25.3 Å². The number of halogens is 1. The Morgan fingerprint density at radius 3 is 2.64 bits per heavy atom. The Labute approximate surface area is 166 Å². The molecule has 1 aromatic heterocycles. The van der Waals surface area contributed by atoms with Crippen molar-refractivity contribution in [3.63, 3.8) is 0 Å². The average molecular weight is 404 g/mol. The van der Waals surface area contributed by atoms with E-state index in [0.29, 0.717) is 24.7 Å². The molecule has 1 aliphatic carbocycles. The average Bonchev–Trinajstić information content (AvgIpc) is 3.07. The van der Waals surface area contributed by atoms with Crippen LogP contribution in [-0.4, -0.2) is 41.7 Å². The van der Waals surface area contributed by atoms with Crippen molar-refractivity contribution in [3.8, 4) is 12.3 Å². The largest absolute Gasteiger partial charge is 0.313 e. The lowest BCUT2D eigenvalue weighted by molar-refractivity contribution is 0.163. The Morgan fingerprint density at radius 1 is 1.29 bits per heavy atom. The Morgan fingerprint density at radius 2 is 2.00 bits per heavy atom. The van der Waals surface area contributed by atoms with E-state index in [9.17, 15) is 12.8 Å². The van der Waals surface area contributed by atoms with Gasteiger partial charge in [-0.25, -0.2) is 17.8 Å². The van der Waals surface area contributed by atoms with Gasteiger partial charge in [0.2, 0.25) is 15.0 Å². The predicted octanol–water partition coefficient (Wildman–Crippen LogP) is 3.24. The standard InChI is InChI=1S/C21H26FN3O2S/c1-3-13-24(18-10-5-4-6-11-18)16-19-14-23-21(28(2,26)27)25(19)15-17-9-7-8-12-20(17)22/h1,7-9,12,14,18H,4-6,10-11,13,15-16H2,2H3. The molecule has 1 heterocycles. The number of hydrogen-bond acceptors (Lipinski definition) is 4. The summed E-state index contributed by atoms with van der Waals surface area (Å²) in [5.74, 6) is 2.35. The van der Waals surface area contributed by atoms with E-state index >= 15 is 0 Å². The summed E-state index contributed by atoms with van der Waals surface area (Å²) in [6.45, 7) is 1.09. The quantitative estimate of drug-likeness (QED) is 0.666. The Balaban J connectivity index is 1.94. The van der Waals surface area contributed by atoms with E-state index in [0.717, 1.165) is 24.8 Å². The lowest BCUT2D eigenvalue weighted by atomic mass is 9.94. The number of sulfone groups is 1. The lowest BCUT2D eigenvalue weighted by Gasteiger charge is -2.33. The van der Waals surface area contributed by atoms with Gasteiger partial charge in [-0.05, 0) is 18.9 Å². The topological polar surface area (TPSA) is 55.2 Å². The number of imidazole rings is 1. The van der Waals surface area contributed by atoms with Crippen LogP contribution in [0.15, 0.2) is 35.6 Å². The van der Waals surface area contributed by atoms with Crippen LogP contribution in [-0.2, 0) is 22.9 Å². The molecule has 0 unspecified atom stereocenters. The van der Waals surface area contributed by atoms with Gasteiger partial charge < -0.3 is 4.57 Å².